The SMILES string of the molecule is [N-]=[N+]=NCCCNC(=O)Cn1ccnc1[N+](=O)[O-]. The standard InChI is InChI=1S/C8H11N7O3/c9-13-12-3-1-2-10-7(16)6-14-5-4-11-8(14)15(17)18/h4-5H,1-3,6H2,(H,10,16). The van der Waals surface area contributed by atoms with Crippen LogP contribution in [0.3, 0.4) is 0 Å². The lowest BCUT2D eigenvalue weighted by atomic mass is 10.4. The van der Waals surface area contributed by atoms with Crippen LogP contribution < -0.4 is 5.32 Å². The summed E-state index contributed by atoms with van der Waals surface area (Å²) < 4.78 is 1.14. The molecular formula is C8H11N7O3. The summed E-state index contributed by atoms with van der Waals surface area (Å²) in [7, 11) is 0. The number of carbonyl (C=O) groups is 1. The topological polar surface area (TPSA) is 139 Å². The molecule has 1 amide bonds. The Bertz CT molecular complexity index is 477. The van der Waals surface area contributed by atoms with Crippen LogP contribution in [-0.2, 0) is 11.3 Å². The molecule has 1 aromatic heterocycles. The Morgan fingerprint density at radius 2 is 2.50 bits per heavy atom. The van der Waals surface area contributed by atoms with Gasteiger partial charge in [-0.15, -0.1) is 0 Å². The summed E-state index contributed by atoms with van der Waals surface area (Å²) in [6, 6.07) is 0. The van der Waals surface area contributed by atoms with Crippen LogP contribution >= 0.6 is 0 Å². The Kier molecular flexibility index (Phi) is 5.13. The molecule has 0 aromatic carbocycles. The maximum Gasteiger partial charge on any atom is 0.435 e. The van der Waals surface area contributed by atoms with Crippen LogP contribution in [0.4, 0.5) is 5.95 Å². The monoisotopic (exact) mass is 253 g/mol. The highest BCUT2D eigenvalue weighted by molar-refractivity contribution is 5.75. The molecule has 0 atom stereocenters. The van der Waals surface area contributed by atoms with Crippen LogP contribution in [0.2, 0.25) is 0 Å². The van der Waals surface area contributed by atoms with E-state index < -0.39 is 4.92 Å². The summed E-state index contributed by atoms with van der Waals surface area (Å²) in [5.74, 6) is -0.740. The zero-order chi connectivity index (χ0) is 13.4. The van der Waals surface area contributed by atoms with Gasteiger partial charge in [0.2, 0.25) is 0 Å². The third-order valence-electron chi connectivity index (χ3n) is 1.99. The number of azide groups is 1. The summed E-state index contributed by atoms with van der Waals surface area (Å²) in [5, 5.41) is 16.4. The predicted octanol–water partition coefficient (Wildman–Crippen LogP) is 0.608. The molecule has 0 bridgehead atoms. The van der Waals surface area contributed by atoms with Crippen molar-refractivity contribution in [3.63, 3.8) is 0 Å². The molecule has 0 aliphatic rings. The van der Waals surface area contributed by atoms with Crippen LogP contribution in [-0.4, -0.2) is 33.5 Å². The number of rotatable bonds is 7. The molecule has 0 saturated heterocycles. The van der Waals surface area contributed by atoms with Crippen LogP contribution in [0.5, 0.6) is 0 Å². The number of carbonyl (C=O) groups excluding carboxylic acids is 1. The molecule has 0 spiro atoms. The number of nitrogens with one attached hydrogen (secondary N) is 1. The van der Waals surface area contributed by atoms with Crippen molar-refractivity contribution in [2.75, 3.05) is 13.1 Å². The van der Waals surface area contributed by atoms with E-state index in [-0.39, 0.29) is 18.4 Å². The molecule has 1 rings (SSSR count). The maximum atomic E-state index is 11.4. The first-order valence-corrected chi connectivity index (χ1v) is 5.08. The van der Waals surface area contributed by atoms with Crippen LogP contribution in [0, 0.1) is 10.1 Å². The second-order valence-electron chi connectivity index (χ2n) is 3.27. The van der Waals surface area contributed by atoms with Gasteiger partial charge in [-0.1, -0.05) is 10.1 Å². The lowest BCUT2D eigenvalue weighted by Crippen LogP contribution is -2.28. The van der Waals surface area contributed by atoms with E-state index in [2.05, 4.69) is 20.3 Å². The van der Waals surface area contributed by atoms with Gasteiger partial charge in [0, 0.05) is 18.0 Å². The Labute approximate surface area is 101 Å². The second kappa shape index (κ2) is 6.86. The summed E-state index contributed by atoms with van der Waals surface area (Å²) in [5.41, 5.74) is 8.03. The van der Waals surface area contributed by atoms with Crippen LogP contribution in [0.25, 0.3) is 10.4 Å². The minimum absolute atomic E-state index is 0.169. The highest BCUT2D eigenvalue weighted by atomic mass is 16.6. The molecule has 1 N–H and O–H groups in total. The van der Waals surface area contributed by atoms with E-state index in [1.54, 1.807) is 0 Å². The summed E-state index contributed by atoms with van der Waals surface area (Å²) in [6.07, 6.45) is 3.13. The highest BCUT2D eigenvalue weighted by Crippen LogP contribution is 2.06. The molecule has 1 heterocycles. The minimum Gasteiger partial charge on any atom is -0.390 e. The molecule has 0 radical (unpaired) electrons. The van der Waals surface area contributed by atoms with E-state index in [1.807, 2.05) is 0 Å². The second-order valence-corrected chi connectivity index (χ2v) is 3.27. The smallest absolute Gasteiger partial charge is 0.390 e. The van der Waals surface area contributed by atoms with E-state index in [1.165, 1.54) is 12.4 Å². The molecule has 0 saturated carbocycles. The minimum atomic E-state index is -0.658. The van der Waals surface area contributed by atoms with Gasteiger partial charge >= 0.3 is 5.95 Å². The van der Waals surface area contributed by atoms with Gasteiger partial charge in [-0.3, -0.25) is 4.79 Å². The van der Waals surface area contributed by atoms with Crippen molar-refractivity contribution in [3.05, 3.63) is 33.0 Å². The zero-order valence-electron chi connectivity index (χ0n) is 9.39. The predicted molar refractivity (Wildman–Crippen MR) is 60.5 cm³/mol. The first-order valence-electron chi connectivity index (χ1n) is 5.08. The Hall–Kier alpha value is -2.61. The lowest BCUT2D eigenvalue weighted by molar-refractivity contribution is -0.396. The van der Waals surface area contributed by atoms with E-state index in [4.69, 9.17) is 5.53 Å². The normalized spacial score (nSPS) is 9.56. The van der Waals surface area contributed by atoms with Gasteiger partial charge in [0.1, 0.15) is 12.4 Å². The fraction of sp³-hybridized carbons (Fsp3) is 0.500. The van der Waals surface area contributed by atoms with Gasteiger partial charge in [0.15, 0.2) is 6.54 Å². The Balaban J connectivity index is 2.38. The molecule has 1 aromatic rings. The van der Waals surface area contributed by atoms with Gasteiger partial charge in [0.25, 0.3) is 5.91 Å². The van der Waals surface area contributed by atoms with Crippen molar-refractivity contribution >= 4 is 11.9 Å². The third kappa shape index (κ3) is 4.10. The van der Waals surface area contributed by atoms with Gasteiger partial charge < -0.3 is 15.4 Å². The number of hydrogen-bond acceptors (Lipinski definition) is 5. The molecule has 0 aliphatic carbocycles. The first kappa shape index (κ1) is 13.5. The van der Waals surface area contributed by atoms with E-state index in [0.717, 1.165) is 4.57 Å². The fourth-order valence-corrected chi connectivity index (χ4v) is 1.23. The van der Waals surface area contributed by atoms with Crippen molar-refractivity contribution in [3.8, 4) is 0 Å². The summed E-state index contributed by atoms with van der Waals surface area (Å²) in [4.78, 5) is 27.4. The van der Waals surface area contributed by atoms with Crippen LogP contribution in [0.15, 0.2) is 17.5 Å². The quantitative estimate of drug-likeness (QED) is 0.190. The molecular weight excluding hydrogens is 242 g/mol. The summed E-state index contributed by atoms with van der Waals surface area (Å²) >= 11 is 0. The molecule has 18 heavy (non-hydrogen) atoms. The largest absolute Gasteiger partial charge is 0.435 e. The van der Waals surface area contributed by atoms with Gasteiger partial charge in [-0.25, -0.2) is 4.57 Å². The van der Waals surface area contributed by atoms with Gasteiger partial charge in [-0.2, -0.15) is 0 Å². The maximum absolute atomic E-state index is 11.4. The molecule has 0 unspecified atom stereocenters. The number of aromatic nitrogens is 2. The zero-order valence-corrected chi connectivity index (χ0v) is 9.39. The Morgan fingerprint density at radius 3 is 3.17 bits per heavy atom. The summed E-state index contributed by atoms with van der Waals surface area (Å²) in [6.45, 7) is 0.472. The molecule has 0 aliphatic heterocycles. The highest BCUT2D eigenvalue weighted by Gasteiger charge is 2.16. The average molecular weight is 253 g/mol. The Morgan fingerprint density at radius 1 is 1.72 bits per heavy atom. The van der Waals surface area contributed by atoms with Crippen molar-refractivity contribution in [1.29, 1.82) is 0 Å². The number of nitrogens with zero attached hydrogens (tertiary/aromatic N) is 6. The van der Waals surface area contributed by atoms with E-state index >= 15 is 0 Å². The van der Waals surface area contributed by atoms with Gasteiger partial charge in [-0.05, 0) is 16.9 Å². The third-order valence-corrected chi connectivity index (χ3v) is 1.99. The number of imidazole rings is 1. The average Bonchev–Trinajstić information content (AvgIpc) is 2.77. The molecule has 0 fully saturated rings. The molecule has 96 valence electrons. The van der Waals surface area contributed by atoms with Crippen molar-refractivity contribution in [2.24, 2.45) is 5.11 Å². The lowest BCUT2D eigenvalue weighted by Gasteiger charge is -2.03. The van der Waals surface area contributed by atoms with Crippen molar-refractivity contribution in [1.82, 2.24) is 14.9 Å². The van der Waals surface area contributed by atoms with Crippen molar-refractivity contribution < 1.29 is 9.72 Å². The molecule has 10 nitrogen and oxygen atoms in total. The molecule has 10 heteroatoms. The number of hydrogen-bond donors (Lipinski definition) is 1. The first-order chi connectivity index (χ1) is 8.65. The number of amides is 1. The van der Waals surface area contributed by atoms with E-state index in [9.17, 15) is 14.9 Å². The van der Waals surface area contributed by atoms with Crippen molar-refractivity contribution in [2.45, 2.75) is 13.0 Å². The van der Waals surface area contributed by atoms with E-state index in [0.29, 0.717) is 19.5 Å². The van der Waals surface area contributed by atoms with Gasteiger partial charge in [0.05, 0.1) is 0 Å². The number of nitro groups is 1. The van der Waals surface area contributed by atoms with Crippen LogP contribution in [0.1, 0.15) is 6.42 Å². The fourth-order valence-electron chi connectivity index (χ4n) is 1.23.